The maximum Gasteiger partial charge on any atom is 0.290 e. The summed E-state index contributed by atoms with van der Waals surface area (Å²) in [6, 6.07) is 2.92. The Labute approximate surface area is 126 Å². The summed E-state index contributed by atoms with van der Waals surface area (Å²) < 4.78 is 11.5. The highest BCUT2D eigenvalue weighted by Gasteiger charge is 2.36. The van der Waals surface area contributed by atoms with E-state index < -0.39 is 13.2 Å². The van der Waals surface area contributed by atoms with Gasteiger partial charge in [0.05, 0.1) is 11.5 Å². The van der Waals surface area contributed by atoms with E-state index in [9.17, 15) is 10.1 Å². The van der Waals surface area contributed by atoms with Gasteiger partial charge in [-0.1, -0.05) is 20.8 Å². The van der Waals surface area contributed by atoms with Gasteiger partial charge in [-0.2, -0.15) is 0 Å². The van der Waals surface area contributed by atoms with E-state index in [0.717, 1.165) is 0 Å². The molecule has 0 saturated heterocycles. The van der Waals surface area contributed by atoms with Crippen molar-refractivity contribution in [1.82, 2.24) is 4.98 Å². The lowest BCUT2D eigenvalue weighted by atomic mass is 10.2. The molecule has 0 aliphatic rings. The summed E-state index contributed by atoms with van der Waals surface area (Å²) in [7, 11) is -1.77. The first-order valence-corrected chi connectivity index (χ1v) is 9.84. The van der Waals surface area contributed by atoms with Gasteiger partial charge in [0.1, 0.15) is 12.3 Å². The first-order valence-electron chi connectivity index (χ1n) is 6.93. The standard InChI is InChI=1S/C14H24N2O4Si/c1-11-12(16(17)18)7-8-13(15-11)19-9-10-20-21(5,6)14(2,3)4/h7-8H,9-10H2,1-6H3. The molecule has 6 nitrogen and oxygen atoms in total. The van der Waals surface area contributed by atoms with E-state index in [1.165, 1.54) is 12.1 Å². The number of nitro groups is 1. The zero-order chi connectivity index (χ0) is 16.3. The second-order valence-electron chi connectivity index (χ2n) is 6.47. The molecule has 0 saturated carbocycles. The Balaban J connectivity index is 2.51. The molecule has 0 radical (unpaired) electrons. The van der Waals surface area contributed by atoms with Crippen LogP contribution in [0.4, 0.5) is 5.69 Å². The van der Waals surface area contributed by atoms with E-state index in [0.29, 0.717) is 24.8 Å². The summed E-state index contributed by atoms with van der Waals surface area (Å²) in [6.45, 7) is 13.4. The molecule has 0 amide bonds. The Morgan fingerprint density at radius 2 is 1.90 bits per heavy atom. The van der Waals surface area contributed by atoms with Crippen LogP contribution >= 0.6 is 0 Å². The van der Waals surface area contributed by atoms with Crippen LogP contribution in [0.3, 0.4) is 0 Å². The summed E-state index contributed by atoms with van der Waals surface area (Å²) in [5, 5.41) is 10.9. The van der Waals surface area contributed by atoms with Crippen LogP contribution in [-0.2, 0) is 4.43 Å². The van der Waals surface area contributed by atoms with Crippen molar-refractivity contribution in [2.75, 3.05) is 13.2 Å². The van der Waals surface area contributed by atoms with Crippen LogP contribution in [0.1, 0.15) is 26.5 Å². The fourth-order valence-corrected chi connectivity index (χ4v) is 2.49. The Hall–Kier alpha value is -1.47. The molecule has 1 aromatic heterocycles. The second kappa shape index (κ2) is 6.53. The van der Waals surface area contributed by atoms with Crippen LogP contribution in [0, 0.1) is 17.0 Å². The van der Waals surface area contributed by atoms with Gasteiger partial charge in [-0.15, -0.1) is 0 Å². The lowest BCUT2D eigenvalue weighted by Crippen LogP contribution is -2.41. The van der Waals surface area contributed by atoms with Crippen molar-refractivity contribution in [3.8, 4) is 5.88 Å². The maximum atomic E-state index is 10.7. The molecule has 0 bridgehead atoms. The van der Waals surface area contributed by atoms with E-state index in [1.54, 1.807) is 6.92 Å². The molecule has 0 aliphatic carbocycles. The molecule has 0 aliphatic heterocycles. The number of pyridine rings is 1. The Kier molecular flexibility index (Phi) is 5.46. The van der Waals surface area contributed by atoms with Gasteiger partial charge in [0, 0.05) is 12.1 Å². The van der Waals surface area contributed by atoms with Crippen LogP contribution in [0.25, 0.3) is 0 Å². The highest BCUT2D eigenvalue weighted by molar-refractivity contribution is 6.74. The minimum absolute atomic E-state index is 0.000117. The summed E-state index contributed by atoms with van der Waals surface area (Å²) >= 11 is 0. The number of hydrogen-bond donors (Lipinski definition) is 0. The van der Waals surface area contributed by atoms with Crippen molar-refractivity contribution in [3.63, 3.8) is 0 Å². The Morgan fingerprint density at radius 1 is 1.29 bits per heavy atom. The number of aromatic nitrogens is 1. The monoisotopic (exact) mass is 312 g/mol. The van der Waals surface area contributed by atoms with Gasteiger partial charge < -0.3 is 9.16 Å². The Morgan fingerprint density at radius 3 is 2.38 bits per heavy atom. The third kappa shape index (κ3) is 4.78. The SMILES string of the molecule is Cc1nc(OCCO[Si](C)(C)C(C)(C)C)ccc1[N+](=O)[O-]. The lowest BCUT2D eigenvalue weighted by molar-refractivity contribution is -0.385. The highest BCUT2D eigenvalue weighted by atomic mass is 28.4. The van der Waals surface area contributed by atoms with E-state index in [-0.39, 0.29) is 10.7 Å². The third-order valence-corrected chi connectivity index (χ3v) is 8.37. The molecule has 0 atom stereocenters. The summed E-state index contributed by atoms with van der Waals surface area (Å²) in [5.41, 5.74) is 0.350. The highest BCUT2D eigenvalue weighted by Crippen LogP contribution is 2.36. The summed E-state index contributed by atoms with van der Waals surface area (Å²) in [6.07, 6.45) is 0. The quantitative estimate of drug-likeness (QED) is 0.346. The topological polar surface area (TPSA) is 74.5 Å². The van der Waals surface area contributed by atoms with Crippen LogP contribution in [0.15, 0.2) is 12.1 Å². The minimum Gasteiger partial charge on any atom is -0.475 e. The third-order valence-electron chi connectivity index (χ3n) is 3.83. The lowest BCUT2D eigenvalue weighted by Gasteiger charge is -2.36. The molecule has 0 fully saturated rings. The molecule has 118 valence electrons. The molecule has 7 heteroatoms. The fraction of sp³-hybridized carbons (Fsp3) is 0.643. The molecular weight excluding hydrogens is 288 g/mol. The van der Waals surface area contributed by atoms with Gasteiger partial charge in [0.2, 0.25) is 5.88 Å². The van der Waals surface area contributed by atoms with Gasteiger partial charge >= 0.3 is 0 Å². The average Bonchev–Trinajstić information content (AvgIpc) is 2.33. The fourth-order valence-electron chi connectivity index (χ4n) is 1.46. The largest absolute Gasteiger partial charge is 0.475 e. The van der Waals surface area contributed by atoms with Crippen LogP contribution in [0.2, 0.25) is 18.1 Å². The number of ether oxygens (including phenoxy) is 1. The van der Waals surface area contributed by atoms with Crippen LogP contribution < -0.4 is 4.74 Å². The summed E-state index contributed by atoms with van der Waals surface area (Å²) in [5.74, 6) is 0.386. The molecule has 21 heavy (non-hydrogen) atoms. The molecule has 0 N–H and O–H groups in total. The predicted molar refractivity (Wildman–Crippen MR) is 84.3 cm³/mol. The van der Waals surface area contributed by atoms with Gasteiger partial charge in [-0.3, -0.25) is 10.1 Å². The molecular formula is C14H24N2O4Si. The van der Waals surface area contributed by atoms with Gasteiger partial charge in [-0.05, 0) is 25.1 Å². The smallest absolute Gasteiger partial charge is 0.290 e. The second-order valence-corrected chi connectivity index (χ2v) is 11.3. The zero-order valence-electron chi connectivity index (χ0n) is 13.6. The molecule has 0 unspecified atom stereocenters. The molecule has 1 rings (SSSR count). The van der Waals surface area contributed by atoms with E-state index in [2.05, 4.69) is 38.8 Å². The molecule has 1 heterocycles. The van der Waals surface area contributed by atoms with Crippen molar-refractivity contribution in [2.24, 2.45) is 0 Å². The van der Waals surface area contributed by atoms with Crippen molar-refractivity contribution in [2.45, 2.75) is 45.8 Å². The van der Waals surface area contributed by atoms with Crippen molar-refractivity contribution < 1.29 is 14.1 Å². The first-order chi connectivity index (χ1) is 9.54. The van der Waals surface area contributed by atoms with E-state index in [1.807, 2.05) is 0 Å². The molecule has 0 spiro atoms. The molecule has 1 aromatic rings. The van der Waals surface area contributed by atoms with E-state index >= 15 is 0 Å². The van der Waals surface area contributed by atoms with E-state index in [4.69, 9.17) is 9.16 Å². The van der Waals surface area contributed by atoms with Crippen LogP contribution in [0.5, 0.6) is 5.88 Å². The van der Waals surface area contributed by atoms with Crippen molar-refractivity contribution in [1.29, 1.82) is 0 Å². The van der Waals surface area contributed by atoms with Crippen LogP contribution in [-0.4, -0.2) is 31.4 Å². The van der Waals surface area contributed by atoms with Crippen molar-refractivity contribution in [3.05, 3.63) is 27.9 Å². The van der Waals surface area contributed by atoms with Gasteiger partial charge in [0.25, 0.3) is 5.69 Å². The first kappa shape index (κ1) is 17.6. The minimum atomic E-state index is -1.77. The summed E-state index contributed by atoms with van der Waals surface area (Å²) in [4.78, 5) is 14.3. The average molecular weight is 312 g/mol. The van der Waals surface area contributed by atoms with Gasteiger partial charge in [-0.25, -0.2) is 4.98 Å². The van der Waals surface area contributed by atoms with Gasteiger partial charge in [0.15, 0.2) is 8.32 Å². The number of nitrogens with zero attached hydrogens (tertiary/aromatic N) is 2. The number of rotatable bonds is 6. The zero-order valence-corrected chi connectivity index (χ0v) is 14.6. The molecule has 0 aromatic carbocycles. The number of hydrogen-bond acceptors (Lipinski definition) is 5. The maximum absolute atomic E-state index is 10.7. The normalized spacial score (nSPS) is 12.3. The Bertz CT molecular complexity index is 512. The number of aryl methyl sites for hydroxylation is 1. The van der Waals surface area contributed by atoms with Crippen molar-refractivity contribution >= 4 is 14.0 Å². The predicted octanol–water partition coefficient (Wildman–Crippen LogP) is 3.70.